The number of nitrogens with zero attached hydrogens (tertiary/aromatic N) is 3. The Labute approximate surface area is 93.1 Å². The van der Waals surface area contributed by atoms with E-state index < -0.39 is 10.0 Å². The molecule has 1 saturated heterocycles. The van der Waals surface area contributed by atoms with Crippen LogP contribution in [0, 0.1) is 0 Å². The molecule has 7 heteroatoms. The molecule has 5 nitrogen and oxygen atoms in total. The Bertz CT molecular complexity index is 439. The first-order valence-electron chi connectivity index (χ1n) is 4.58. The molecule has 2 rings (SSSR count). The van der Waals surface area contributed by atoms with Gasteiger partial charge in [0.2, 0.25) is 15.3 Å². The van der Waals surface area contributed by atoms with E-state index in [-0.39, 0.29) is 10.2 Å². The van der Waals surface area contributed by atoms with Crippen LogP contribution in [0.15, 0.2) is 17.3 Å². The fraction of sp³-hybridized carbons (Fsp3) is 0.500. The molecular weight excluding hydrogens is 238 g/mol. The van der Waals surface area contributed by atoms with E-state index in [4.69, 9.17) is 11.6 Å². The molecule has 1 aliphatic rings. The molecule has 1 fully saturated rings. The summed E-state index contributed by atoms with van der Waals surface area (Å²) in [6.07, 6.45) is 4.30. The molecule has 1 aromatic rings. The van der Waals surface area contributed by atoms with Gasteiger partial charge in [-0.25, -0.2) is 18.4 Å². The second-order valence-corrected chi connectivity index (χ2v) is 5.57. The van der Waals surface area contributed by atoms with Crippen LogP contribution in [0.4, 0.5) is 0 Å². The van der Waals surface area contributed by atoms with Gasteiger partial charge in [-0.2, -0.15) is 4.31 Å². The van der Waals surface area contributed by atoms with Crippen molar-refractivity contribution in [2.24, 2.45) is 0 Å². The maximum atomic E-state index is 11.9. The van der Waals surface area contributed by atoms with Crippen LogP contribution in [0.5, 0.6) is 0 Å². The summed E-state index contributed by atoms with van der Waals surface area (Å²) in [7, 11) is -3.41. The van der Waals surface area contributed by atoms with Gasteiger partial charge in [-0.3, -0.25) is 0 Å². The van der Waals surface area contributed by atoms with E-state index >= 15 is 0 Å². The maximum absolute atomic E-state index is 11.9. The minimum Gasteiger partial charge on any atom is -0.225 e. The lowest BCUT2D eigenvalue weighted by molar-refractivity contribution is 0.477. The summed E-state index contributed by atoms with van der Waals surface area (Å²) in [5.74, 6) is 0. The summed E-state index contributed by atoms with van der Waals surface area (Å²) < 4.78 is 25.3. The summed E-state index contributed by atoms with van der Waals surface area (Å²) in [5, 5.41) is 0.0513. The summed E-state index contributed by atoms with van der Waals surface area (Å²) in [4.78, 5) is 7.44. The zero-order valence-corrected chi connectivity index (χ0v) is 9.50. The Balaban J connectivity index is 2.32. The fourth-order valence-electron chi connectivity index (χ4n) is 1.51. The molecule has 2 heterocycles. The van der Waals surface area contributed by atoms with E-state index in [1.807, 2.05) is 0 Å². The van der Waals surface area contributed by atoms with E-state index in [0.717, 1.165) is 12.8 Å². The average Bonchev–Trinajstić information content (AvgIpc) is 2.71. The molecule has 0 aliphatic carbocycles. The van der Waals surface area contributed by atoms with Gasteiger partial charge in [-0.15, -0.1) is 0 Å². The maximum Gasteiger partial charge on any atom is 0.246 e. The number of halogens is 1. The van der Waals surface area contributed by atoms with E-state index in [9.17, 15) is 8.42 Å². The van der Waals surface area contributed by atoms with Gasteiger partial charge in [0.05, 0.1) is 12.4 Å². The van der Waals surface area contributed by atoms with Crippen molar-refractivity contribution >= 4 is 21.6 Å². The second kappa shape index (κ2) is 4.03. The van der Waals surface area contributed by atoms with Gasteiger partial charge in [0.1, 0.15) is 4.90 Å². The number of rotatable bonds is 2. The third-order valence-corrected chi connectivity index (χ3v) is 4.35. The van der Waals surface area contributed by atoms with Crippen LogP contribution in [-0.2, 0) is 10.0 Å². The minimum absolute atomic E-state index is 0.0513. The monoisotopic (exact) mass is 247 g/mol. The summed E-state index contributed by atoms with van der Waals surface area (Å²) >= 11 is 5.49. The standard InChI is InChI=1S/C8H10ClN3O2S/c9-8-10-5-7(6-11-8)15(13,14)12-3-1-2-4-12/h5-6H,1-4H2. The molecule has 0 atom stereocenters. The third kappa shape index (κ3) is 2.11. The molecule has 0 N–H and O–H groups in total. The van der Waals surface area contributed by atoms with Crippen molar-refractivity contribution in [1.82, 2.24) is 14.3 Å². The van der Waals surface area contributed by atoms with Crippen molar-refractivity contribution in [2.45, 2.75) is 17.7 Å². The van der Waals surface area contributed by atoms with Gasteiger partial charge < -0.3 is 0 Å². The highest BCUT2D eigenvalue weighted by molar-refractivity contribution is 7.89. The molecule has 0 amide bonds. The van der Waals surface area contributed by atoms with Crippen LogP contribution in [0.2, 0.25) is 5.28 Å². The number of hydrogen-bond donors (Lipinski definition) is 0. The van der Waals surface area contributed by atoms with E-state index in [1.54, 1.807) is 0 Å². The molecular formula is C8H10ClN3O2S. The lowest BCUT2D eigenvalue weighted by atomic mass is 10.4. The van der Waals surface area contributed by atoms with Gasteiger partial charge >= 0.3 is 0 Å². The summed E-state index contributed by atoms with van der Waals surface area (Å²) in [5.41, 5.74) is 0. The molecule has 0 saturated carbocycles. The highest BCUT2D eigenvalue weighted by atomic mass is 35.5. The quantitative estimate of drug-likeness (QED) is 0.729. The van der Waals surface area contributed by atoms with Crippen molar-refractivity contribution in [3.8, 4) is 0 Å². The molecule has 1 aliphatic heterocycles. The number of sulfonamides is 1. The van der Waals surface area contributed by atoms with Crippen LogP contribution >= 0.6 is 11.6 Å². The van der Waals surface area contributed by atoms with Crippen LogP contribution < -0.4 is 0 Å². The first-order chi connectivity index (χ1) is 7.10. The Morgan fingerprint density at radius 3 is 2.27 bits per heavy atom. The molecule has 0 unspecified atom stereocenters. The van der Waals surface area contributed by atoms with Crippen LogP contribution in [0.25, 0.3) is 0 Å². The van der Waals surface area contributed by atoms with Crippen molar-refractivity contribution in [3.63, 3.8) is 0 Å². The van der Waals surface area contributed by atoms with Crippen molar-refractivity contribution in [1.29, 1.82) is 0 Å². The van der Waals surface area contributed by atoms with Gasteiger partial charge in [0.25, 0.3) is 0 Å². The first kappa shape index (κ1) is 10.8. The zero-order valence-electron chi connectivity index (χ0n) is 7.93. The second-order valence-electron chi connectivity index (χ2n) is 3.30. The molecule has 0 spiro atoms. The minimum atomic E-state index is -3.41. The Kier molecular flexibility index (Phi) is 2.90. The molecule has 0 bridgehead atoms. The molecule has 0 radical (unpaired) electrons. The van der Waals surface area contributed by atoms with Crippen LogP contribution in [0.3, 0.4) is 0 Å². The SMILES string of the molecule is O=S(=O)(c1cnc(Cl)nc1)N1CCCC1. The highest BCUT2D eigenvalue weighted by Crippen LogP contribution is 2.19. The number of hydrogen-bond acceptors (Lipinski definition) is 4. The topological polar surface area (TPSA) is 63.2 Å². The molecule has 0 aromatic carbocycles. The third-order valence-electron chi connectivity index (χ3n) is 2.30. The smallest absolute Gasteiger partial charge is 0.225 e. The first-order valence-corrected chi connectivity index (χ1v) is 6.40. The van der Waals surface area contributed by atoms with Gasteiger partial charge in [-0.1, -0.05) is 0 Å². The lowest BCUT2D eigenvalue weighted by Gasteiger charge is -2.14. The van der Waals surface area contributed by atoms with E-state index in [0.29, 0.717) is 13.1 Å². The fourth-order valence-corrected chi connectivity index (χ4v) is 3.02. The Morgan fingerprint density at radius 2 is 1.73 bits per heavy atom. The predicted molar refractivity (Wildman–Crippen MR) is 55.0 cm³/mol. The van der Waals surface area contributed by atoms with Crippen molar-refractivity contribution < 1.29 is 8.42 Å². The predicted octanol–water partition coefficient (Wildman–Crippen LogP) is 0.915. The summed E-state index contributed by atoms with van der Waals surface area (Å²) in [6, 6.07) is 0. The zero-order chi connectivity index (χ0) is 10.9. The molecule has 15 heavy (non-hydrogen) atoms. The van der Waals surface area contributed by atoms with Crippen molar-refractivity contribution in [2.75, 3.05) is 13.1 Å². The van der Waals surface area contributed by atoms with E-state index in [2.05, 4.69) is 9.97 Å². The Hall–Kier alpha value is -0.720. The Morgan fingerprint density at radius 1 is 1.20 bits per heavy atom. The number of aromatic nitrogens is 2. The van der Waals surface area contributed by atoms with Gasteiger partial charge in [0, 0.05) is 13.1 Å². The van der Waals surface area contributed by atoms with E-state index in [1.165, 1.54) is 16.7 Å². The molecule has 1 aromatic heterocycles. The molecule has 82 valence electrons. The van der Waals surface area contributed by atoms with Crippen LogP contribution in [0.1, 0.15) is 12.8 Å². The van der Waals surface area contributed by atoms with Crippen LogP contribution in [-0.4, -0.2) is 35.8 Å². The van der Waals surface area contributed by atoms with Gasteiger partial charge in [0.15, 0.2) is 0 Å². The largest absolute Gasteiger partial charge is 0.246 e. The lowest BCUT2D eigenvalue weighted by Crippen LogP contribution is -2.28. The van der Waals surface area contributed by atoms with Gasteiger partial charge in [-0.05, 0) is 24.4 Å². The summed E-state index contributed by atoms with van der Waals surface area (Å²) in [6.45, 7) is 1.15. The average molecular weight is 248 g/mol. The normalized spacial score (nSPS) is 18.2. The van der Waals surface area contributed by atoms with Crippen molar-refractivity contribution in [3.05, 3.63) is 17.7 Å². The highest BCUT2D eigenvalue weighted by Gasteiger charge is 2.27.